The van der Waals surface area contributed by atoms with Crippen LogP contribution in [0.5, 0.6) is 0 Å². The predicted molar refractivity (Wildman–Crippen MR) is 108 cm³/mol. The van der Waals surface area contributed by atoms with Gasteiger partial charge in [-0.05, 0) is 42.2 Å². The molecule has 1 aliphatic carbocycles. The molecule has 1 fully saturated rings. The molecule has 142 valence electrons. The van der Waals surface area contributed by atoms with E-state index in [4.69, 9.17) is 5.73 Å². The van der Waals surface area contributed by atoms with Crippen molar-refractivity contribution in [3.8, 4) is 0 Å². The van der Waals surface area contributed by atoms with Gasteiger partial charge in [-0.25, -0.2) is 0 Å². The number of amides is 1. The highest BCUT2D eigenvalue weighted by molar-refractivity contribution is 6.06. The third kappa shape index (κ3) is 2.40. The van der Waals surface area contributed by atoms with Crippen LogP contribution in [0.15, 0.2) is 60.8 Å². The largest absolute Gasteiger partial charge is 0.390 e. The standard InChI is InChI=1S/C23H23N3O2/c24-20-17-5-1-2-8-18(17)23(21(20)27)10-13-26(14-11-23)22(28)16-6-3-9-19-15(16)7-4-12-25-19/h1-9,12,20-21,27H,10-11,13-14,24H2/t20-,21+/m0/s1. The first-order valence-corrected chi connectivity index (χ1v) is 9.78. The Hall–Kier alpha value is -2.76. The van der Waals surface area contributed by atoms with Crippen molar-refractivity contribution in [1.82, 2.24) is 9.88 Å². The van der Waals surface area contributed by atoms with Gasteiger partial charge in [0.25, 0.3) is 5.91 Å². The topological polar surface area (TPSA) is 79.5 Å². The van der Waals surface area contributed by atoms with Crippen LogP contribution in [0.25, 0.3) is 10.9 Å². The maximum absolute atomic E-state index is 13.2. The molecule has 2 heterocycles. The number of fused-ring (bicyclic) bond motifs is 3. The number of benzene rings is 2. The highest BCUT2D eigenvalue weighted by Gasteiger charge is 2.51. The van der Waals surface area contributed by atoms with Crippen molar-refractivity contribution in [1.29, 1.82) is 0 Å². The Morgan fingerprint density at radius 2 is 1.86 bits per heavy atom. The molecule has 0 bridgehead atoms. The second kappa shape index (κ2) is 6.40. The third-order valence-corrected chi connectivity index (χ3v) is 6.58. The number of aliphatic hydroxyl groups is 1. The smallest absolute Gasteiger partial charge is 0.254 e. The summed E-state index contributed by atoms with van der Waals surface area (Å²) in [5, 5.41) is 11.8. The van der Waals surface area contributed by atoms with E-state index in [9.17, 15) is 9.90 Å². The van der Waals surface area contributed by atoms with Crippen LogP contribution < -0.4 is 5.73 Å². The van der Waals surface area contributed by atoms with E-state index in [2.05, 4.69) is 11.1 Å². The van der Waals surface area contributed by atoms with Crippen LogP contribution in [0.2, 0.25) is 0 Å². The fraction of sp³-hybridized carbons (Fsp3) is 0.304. The monoisotopic (exact) mass is 373 g/mol. The van der Waals surface area contributed by atoms with E-state index in [0.29, 0.717) is 31.5 Å². The number of nitrogens with two attached hydrogens (primary N) is 1. The Labute approximate surface area is 163 Å². The zero-order chi connectivity index (χ0) is 19.3. The van der Waals surface area contributed by atoms with Crippen LogP contribution in [0, 0.1) is 0 Å². The number of piperidine rings is 1. The highest BCUT2D eigenvalue weighted by atomic mass is 16.3. The summed E-state index contributed by atoms with van der Waals surface area (Å²) in [6.45, 7) is 1.21. The normalized spacial score (nSPS) is 23.1. The Kier molecular flexibility index (Phi) is 3.96. The Bertz CT molecular complexity index is 1050. The molecule has 1 amide bonds. The molecule has 5 rings (SSSR count). The Balaban J connectivity index is 1.43. The van der Waals surface area contributed by atoms with Gasteiger partial charge in [0.15, 0.2) is 0 Å². The molecule has 1 aromatic heterocycles. The molecular formula is C23H23N3O2. The number of nitrogens with zero attached hydrogens (tertiary/aromatic N) is 2. The third-order valence-electron chi connectivity index (χ3n) is 6.58. The van der Waals surface area contributed by atoms with Crippen molar-refractivity contribution >= 4 is 16.8 Å². The van der Waals surface area contributed by atoms with Crippen LogP contribution in [0.4, 0.5) is 0 Å². The summed E-state index contributed by atoms with van der Waals surface area (Å²) in [5.41, 5.74) is 9.65. The molecule has 0 radical (unpaired) electrons. The molecule has 28 heavy (non-hydrogen) atoms. The summed E-state index contributed by atoms with van der Waals surface area (Å²) < 4.78 is 0. The average Bonchev–Trinajstić information content (AvgIpc) is 2.96. The quantitative estimate of drug-likeness (QED) is 0.687. The molecule has 1 saturated heterocycles. The van der Waals surface area contributed by atoms with E-state index in [1.165, 1.54) is 0 Å². The predicted octanol–water partition coefficient (Wildman–Crippen LogP) is 2.78. The molecule has 2 aliphatic rings. The molecule has 2 atom stereocenters. The van der Waals surface area contributed by atoms with E-state index in [1.54, 1.807) is 6.20 Å². The summed E-state index contributed by atoms with van der Waals surface area (Å²) in [4.78, 5) is 19.5. The van der Waals surface area contributed by atoms with Crippen LogP contribution in [-0.2, 0) is 5.41 Å². The lowest BCUT2D eigenvalue weighted by atomic mass is 9.72. The number of likely N-dealkylation sites (tertiary alicyclic amines) is 1. The van der Waals surface area contributed by atoms with Gasteiger partial charge in [0, 0.05) is 35.7 Å². The summed E-state index contributed by atoms with van der Waals surface area (Å²) >= 11 is 0. The van der Waals surface area contributed by atoms with Gasteiger partial charge < -0.3 is 15.7 Å². The summed E-state index contributed by atoms with van der Waals surface area (Å²) in [5.74, 6) is 0.0264. The first-order chi connectivity index (χ1) is 13.6. The number of pyridine rings is 1. The molecule has 0 unspecified atom stereocenters. The maximum Gasteiger partial charge on any atom is 0.254 e. The number of aliphatic hydroxyl groups excluding tert-OH is 1. The number of carbonyl (C=O) groups excluding carboxylic acids is 1. The number of hydrogen-bond acceptors (Lipinski definition) is 4. The van der Waals surface area contributed by atoms with E-state index >= 15 is 0 Å². The fourth-order valence-corrected chi connectivity index (χ4v) is 5.05. The second-order valence-corrected chi connectivity index (χ2v) is 7.88. The fourth-order valence-electron chi connectivity index (χ4n) is 5.05. The lowest BCUT2D eigenvalue weighted by Gasteiger charge is -2.42. The number of rotatable bonds is 1. The van der Waals surface area contributed by atoms with Gasteiger partial charge in [0.1, 0.15) is 0 Å². The van der Waals surface area contributed by atoms with Crippen LogP contribution in [0.1, 0.15) is 40.4 Å². The van der Waals surface area contributed by atoms with Crippen molar-refractivity contribution in [2.24, 2.45) is 5.73 Å². The number of aromatic nitrogens is 1. The molecule has 2 aromatic carbocycles. The van der Waals surface area contributed by atoms with E-state index in [1.807, 2.05) is 53.4 Å². The van der Waals surface area contributed by atoms with Crippen LogP contribution >= 0.6 is 0 Å². The van der Waals surface area contributed by atoms with E-state index in [-0.39, 0.29) is 17.4 Å². The van der Waals surface area contributed by atoms with Gasteiger partial charge in [-0.15, -0.1) is 0 Å². The first kappa shape index (κ1) is 17.3. The van der Waals surface area contributed by atoms with Gasteiger partial charge in [-0.3, -0.25) is 9.78 Å². The minimum Gasteiger partial charge on any atom is -0.390 e. The molecule has 1 aliphatic heterocycles. The van der Waals surface area contributed by atoms with Gasteiger partial charge >= 0.3 is 0 Å². The van der Waals surface area contributed by atoms with Gasteiger partial charge in [-0.2, -0.15) is 0 Å². The highest BCUT2D eigenvalue weighted by Crippen LogP contribution is 2.50. The first-order valence-electron chi connectivity index (χ1n) is 9.78. The molecule has 3 aromatic rings. The van der Waals surface area contributed by atoms with Crippen molar-refractivity contribution in [3.63, 3.8) is 0 Å². The van der Waals surface area contributed by atoms with Crippen molar-refractivity contribution in [3.05, 3.63) is 77.5 Å². The summed E-state index contributed by atoms with van der Waals surface area (Å²) in [7, 11) is 0. The van der Waals surface area contributed by atoms with Crippen LogP contribution in [-0.4, -0.2) is 40.1 Å². The molecule has 3 N–H and O–H groups in total. The van der Waals surface area contributed by atoms with E-state index < -0.39 is 6.10 Å². The van der Waals surface area contributed by atoms with Crippen LogP contribution in [0.3, 0.4) is 0 Å². The summed E-state index contributed by atoms with van der Waals surface area (Å²) in [6, 6.07) is 17.2. The Morgan fingerprint density at radius 3 is 2.68 bits per heavy atom. The van der Waals surface area contributed by atoms with Crippen molar-refractivity contribution in [2.45, 2.75) is 30.4 Å². The number of hydrogen-bond donors (Lipinski definition) is 2. The van der Waals surface area contributed by atoms with Crippen molar-refractivity contribution in [2.75, 3.05) is 13.1 Å². The summed E-state index contributed by atoms with van der Waals surface area (Å²) in [6.07, 6.45) is 2.56. The lowest BCUT2D eigenvalue weighted by molar-refractivity contribution is 0.0263. The Morgan fingerprint density at radius 1 is 1.07 bits per heavy atom. The SMILES string of the molecule is N[C@H]1c2ccccc2C2(CCN(C(=O)c3cccc4ncccc34)CC2)[C@@H]1O. The minimum absolute atomic E-state index is 0.0264. The minimum atomic E-state index is -0.607. The zero-order valence-electron chi connectivity index (χ0n) is 15.6. The van der Waals surface area contributed by atoms with Gasteiger partial charge in [-0.1, -0.05) is 36.4 Å². The maximum atomic E-state index is 13.2. The molecular weight excluding hydrogens is 350 g/mol. The van der Waals surface area contributed by atoms with Crippen molar-refractivity contribution < 1.29 is 9.90 Å². The molecule has 5 heteroatoms. The lowest BCUT2D eigenvalue weighted by Crippen LogP contribution is -2.50. The molecule has 5 nitrogen and oxygen atoms in total. The van der Waals surface area contributed by atoms with Gasteiger partial charge in [0.2, 0.25) is 0 Å². The number of carbonyl (C=O) groups is 1. The van der Waals surface area contributed by atoms with Gasteiger partial charge in [0.05, 0.1) is 17.7 Å². The molecule has 1 spiro atoms. The zero-order valence-corrected chi connectivity index (χ0v) is 15.6. The van der Waals surface area contributed by atoms with E-state index in [0.717, 1.165) is 22.0 Å². The second-order valence-electron chi connectivity index (χ2n) is 7.88. The average molecular weight is 373 g/mol. The molecule has 0 saturated carbocycles.